The highest BCUT2D eigenvalue weighted by molar-refractivity contribution is 7.90. The summed E-state index contributed by atoms with van der Waals surface area (Å²) in [6.07, 6.45) is 2.55. The molecule has 0 atom stereocenters. The number of benzene rings is 1. The molecule has 8 nitrogen and oxygen atoms in total. The minimum atomic E-state index is -4.07. The van der Waals surface area contributed by atoms with Gasteiger partial charge in [0.15, 0.2) is 0 Å². The molecule has 0 unspecified atom stereocenters. The summed E-state index contributed by atoms with van der Waals surface area (Å²) in [7, 11) is -2.26. The van der Waals surface area contributed by atoms with Crippen LogP contribution in [0.15, 0.2) is 53.7 Å². The number of aromatic nitrogens is 2. The first-order valence-electron chi connectivity index (χ1n) is 9.04. The van der Waals surface area contributed by atoms with Crippen LogP contribution in [0.3, 0.4) is 0 Å². The zero-order chi connectivity index (χ0) is 21.2. The molecule has 0 spiro atoms. The van der Waals surface area contributed by atoms with Crippen molar-refractivity contribution in [2.24, 2.45) is 5.41 Å². The maximum atomic E-state index is 12.6. The Labute approximate surface area is 170 Å². The number of fused-ring (bicyclic) bond motifs is 1. The lowest BCUT2D eigenvalue weighted by Gasteiger charge is -2.18. The second-order valence-corrected chi connectivity index (χ2v) is 9.49. The lowest BCUT2D eigenvalue weighted by atomic mass is 9.99. The summed E-state index contributed by atoms with van der Waals surface area (Å²) >= 11 is 0. The number of sulfonamides is 1. The second-order valence-electron chi connectivity index (χ2n) is 7.81. The Morgan fingerprint density at radius 2 is 1.97 bits per heavy atom. The van der Waals surface area contributed by atoms with E-state index in [0.717, 1.165) is 17.0 Å². The maximum absolute atomic E-state index is 12.6. The number of imidazole rings is 1. The van der Waals surface area contributed by atoms with E-state index in [9.17, 15) is 13.2 Å². The number of amides is 1. The number of hydrogen-bond acceptors (Lipinski definition) is 6. The van der Waals surface area contributed by atoms with Crippen LogP contribution in [0.4, 0.5) is 10.5 Å². The number of ether oxygens (including phenoxy) is 1. The summed E-state index contributed by atoms with van der Waals surface area (Å²) in [6.45, 7) is 5.75. The normalized spacial score (nSPS) is 12.0. The quantitative estimate of drug-likeness (QED) is 0.660. The fraction of sp³-hybridized carbons (Fsp3) is 0.300. The third-order valence-electron chi connectivity index (χ3n) is 4.09. The summed E-state index contributed by atoms with van der Waals surface area (Å²) < 4.78 is 34.0. The molecule has 2 N–H and O–H groups in total. The summed E-state index contributed by atoms with van der Waals surface area (Å²) in [5.74, 6) is 0. The highest BCUT2D eigenvalue weighted by Gasteiger charge is 2.21. The van der Waals surface area contributed by atoms with Gasteiger partial charge in [0.25, 0.3) is 10.0 Å². The summed E-state index contributed by atoms with van der Waals surface area (Å²) in [5.41, 5.74) is 2.73. The van der Waals surface area contributed by atoms with Crippen molar-refractivity contribution in [2.75, 3.05) is 19.0 Å². The molecule has 0 saturated heterocycles. The molecule has 0 saturated carbocycles. The maximum Gasteiger partial charge on any atom is 0.421 e. The number of hydrogen-bond donors (Lipinski definition) is 2. The van der Waals surface area contributed by atoms with E-state index in [1.54, 1.807) is 18.3 Å². The lowest BCUT2D eigenvalue weighted by molar-refractivity contribution is 0.111. The largest absolute Gasteiger partial charge is 0.448 e. The average molecular weight is 417 g/mol. The molecule has 0 aliphatic carbocycles. The van der Waals surface area contributed by atoms with E-state index in [0.29, 0.717) is 5.56 Å². The summed E-state index contributed by atoms with van der Waals surface area (Å²) in [5, 5.41) is 3.06. The molecule has 0 aliphatic rings. The van der Waals surface area contributed by atoms with E-state index in [1.807, 2.05) is 55.3 Å². The molecule has 0 fully saturated rings. The Morgan fingerprint density at radius 3 is 2.66 bits per heavy atom. The SMILES string of the molecule is CNc1ccc2ncc(-c3cccc(S(=O)(=O)NC(=O)OCC(C)(C)C)c3)n2c1. The number of anilines is 1. The minimum absolute atomic E-state index is 0.0394. The number of carbonyl (C=O) groups is 1. The number of pyridine rings is 1. The number of nitrogens with one attached hydrogen (secondary N) is 2. The zero-order valence-corrected chi connectivity index (χ0v) is 17.6. The van der Waals surface area contributed by atoms with Crippen LogP contribution >= 0.6 is 0 Å². The molecule has 29 heavy (non-hydrogen) atoms. The van der Waals surface area contributed by atoms with Crippen LogP contribution in [0.1, 0.15) is 20.8 Å². The van der Waals surface area contributed by atoms with Gasteiger partial charge >= 0.3 is 6.09 Å². The Morgan fingerprint density at radius 1 is 1.21 bits per heavy atom. The summed E-state index contributed by atoms with van der Waals surface area (Å²) in [4.78, 5) is 16.2. The number of rotatable bonds is 5. The molecular formula is C20H24N4O4S. The smallest absolute Gasteiger partial charge is 0.421 e. The van der Waals surface area contributed by atoms with Crippen LogP contribution in [0.5, 0.6) is 0 Å². The fourth-order valence-corrected chi connectivity index (χ4v) is 3.58. The van der Waals surface area contributed by atoms with Crippen LogP contribution in [0.25, 0.3) is 16.9 Å². The van der Waals surface area contributed by atoms with E-state index >= 15 is 0 Å². The van der Waals surface area contributed by atoms with Crippen LogP contribution in [0.2, 0.25) is 0 Å². The third-order valence-corrected chi connectivity index (χ3v) is 5.40. The molecule has 2 aromatic heterocycles. The zero-order valence-electron chi connectivity index (χ0n) is 16.8. The van der Waals surface area contributed by atoms with E-state index < -0.39 is 16.1 Å². The molecule has 0 radical (unpaired) electrons. The molecule has 0 aliphatic heterocycles. The predicted octanol–water partition coefficient (Wildman–Crippen LogP) is 3.50. The molecule has 2 heterocycles. The van der Waals surface area contributed by atoms with Crippen LogP contribution in [-0.4, -0.2) is 37.6 Å². The van der Waals surface area contributed by atoms with Crippen molar-refractivity contribution in [3.05, 3.63) is 48.8 Å². The molecule has 0 bridgehead atoms. The topological polar surface area (TPSA) is 102 Å². The monoisotopic (exact) mass is 416 g/mol. The Balaban J connectivity index is 1.88. The second kappa shape index (κ2) is 7.75. The molecular weight excluding hydrogens is 392 g/mol. The van der Waals surface area contributed by atoms with Crippen molar-refractivity contribution in [1.82, 2.24) is 14.1 Å². The molecule has 154 valence electrons. The van der Waals surface area contributed by atoms with Crippen molar-refractivity contribution < 1.29 is 17.9 Å². The van der Waals surface area contributed by atoms with Crippen molar-refractivity contribution in [2.45, 2.75) is 25.7 Å². The minimum Gasteiger partial charge on any atom is -0.448 e. The van der Waals surface area contributed by atoms with Gasteiger partial charge < -0.3 is 10.1 Å². The molecule has 1 amide bonds. The van der Waals surface area contributed by atoms with E-state index in [4.69, 9.17) is 4.74 Å². The first-order valence-corrected chi connectivity index (χ1v) is 10.5. The third kappa shape index (κ3) is 4.86. The van der Waals surface area contributed by atoms with Crippen molar-refractivity contribution in [1.29, 1.82) is 0 Å². The van der Waals surface area contributed by atoms with Crippen LogP contribution in [0, 0.1) is 5.41 Å². The Bertz CT molecular complexity index is 1150. The molecule has 9 heteroatoms. The van der Waals surface area contributed by atoms with Gasteiger partial charge in [-0.3, -0.25) is 4.40 Å². The van der Waals surface area contributed by atoms with E-state index in [2.05, 4.69) is 10.3 Å². The van der Waals surface area contributed by atoms with E-state index in [1.165, 1.54) is 12.1 Å². The highest BCUT2D eigenvalue weighted by atomic mass is 32.2. The number of nitrogens with zero attached hydrogens (tertiary/aromatic N) is 2. The van der Waals surface area contributed by atoms with Crippen molar-refractivity contribution in [3.8, 4) is 11.3 Å². The predicted molar refractivity (Wildman–Crippen MR) is 111 cm³/mol. The van der Waals surface area contributed by atoms with Gasteiger partial charge in [-0.2, -0.15) is 0 Å². The van der Waals surface area contributed by atoms with Gasteiger partial charge in [0, 0.05) is 18.8 Å². The van der Waals surface area contributed by atoms with Gasteiger partial charge in [-0.15, -0.1) is 0 Å². The Hall–Kier alpha value is -3.07. The van der Waals surface area contributed by atoms with Gasteiger partial charge in [-0.05, 0) is 29.7 Å². The molecule has 3 aromatic rings. The average Bonchev–Trinajstić information content (AvgIpc) is 3.08. The van der Waals surface area contributed by atoms with Crippen molar-refractivity contribution in [3.63, 3.8) is 0 Å². The van der Waals surface area contributed by atoms with Gasteiger partial charge in [-0.1, -0.05) is 32.9 Å². The van der Waals surface area contributed by atoms with Gasteiger partial charge in [0.05, 0.1) is 29.1 Å². The van der Waals surface area contributed by atoms with Crippen LogP contribution in [-0.2, 0) is 14.8 Å². The molecule has 1 aromatic carbocycles. The van der Waals surface area contributed by atoms with Gasteiger partial charge in [0.2, 0.25) is 0 Å². The van der Waals surface area contributed by atoms with Gasteiger partial charge in [-0.25, -0.2) is 22.9 Å². The lowest BCUT2D eigenvalue weighted by Crippen LogP contribution is -2.33. The van der Waals surface area contributed by atoms with Gasteiger partial charge in [0.1, 0.15) is 5.65 Å². The first-order chi connectivity index (χ1) is 13.6. The van der Waals surface area contributed by atoms with Crippen LogP contribution < -0.4 is 10.0 Å². The Kier molecular flexibility index (Phi) is 5.52. The molecule has 3 rings (SSSR count). The highest BCUT2D eigenvalue weighted by Crippen LogP contribution is 2.25. The first kappa shape index (κ1) is 20.7. The summed E-state index contributed by atoms with van der Waals surface area (Å²) in [6, 6.07) is 10.1. The van der Waals surface area contributed by atoms with E-state index in [-0.39, 0.29) is 16.9 Å². The fourth-order valence-electron chi connectivity index (χ4n) is 2.64. The van der Waals surface area contributed by atoms with Crippen molar-refractivity contribution >= 4 is 27.5 Å². The number of carbonyl (C=O) groups excluding carboxylic acids is 1. The standard InChI is InChI=1S/C20H24N4O4S/c1-20(2,3)13-28-19(25)23-29(26,27)16-7-5-6-14(10-16)17-11-22-18-9-8-15(21-4)12-24(17)18/h5-12,21H,13H2,1-4H3,(H,23,25).